The number of benzene rings is 1. The molecule has 4 nitrogen and oxygen atoms in total. The van der Waals surface area contributed by atoms with Gasteiger partial charge in [0.25, 0.3) is 0 Å². The van der Waals surface area contributed by atoms with E-state index in [9.17, 15) is 4.39 Å². The van der Waals surface area contributed by atoms with E-state index in [1.807, 2.05) is 29.3 Å². The lowest BCUT2D eigenvalue weighted by atomic mass is 10.2. The molecule has 0 aliphatic heterocycles. The van der Waals surface area contributed by atoms with Gasteiger partial charge >= 0.3 is 0 Å². The summed E-state index contributed by atoms with van der Waals surface area (Å²) in [6.07, 6.45) is 0. The average molecular weight is 288 g/mol. The Morgan fingerprint density at radius 2 is 2.15 bits per heavy atom. The molecule has 0 atom stereocenters. The number of rotatable bonds is 3. The van der Waals surface area contributed by atoms with Gasteiger partial charge in [-0.05, 0) is 36.6 Å². The minimum atomic E-state index is -0.274. The lowest BCUT2D eigenvalue weighted by Gasteiger charge is -2.23. The Bertz CT molecular complexity index is 756. The summed E-state index contributed by atoms with van der Waals surface area (Å²) in [5, 5.41) is 2.87. The summed E-state index contributed by atoms with van der Waals surface area (Å²) < 4.78 is 13.4. The predicted molar refractivity (Wildman–Crippen MR) is 80.9 cm³/mol. The van der Waals surface area contributed by atoms with Crippen LogP contribution in [0, 0.1) is 5.82 Å². The zero-order valence-electron chi connectivity index (χ0n) is 10.9. The lowest BCUT2D eigenvalue weighted by molar-refractivity contribution is 0.627. The summed E-state index contributed by atoms with van der Waals surface area (Å²) in [7, 11) is 0. The number of halogens is 1. The van der Waals surface area contributed by atoms with Gasteiger partial charge in [-0.3, -0.25) is 0 Å². The molecule has 0 radical (unpaired) electrons. The van der Waals surface area contributed by atoms with Crippen molar-refractivity contribution in [3.05, 3.63) is 41.5 Å². The zero-order valence-corrected chi connectivity index (χ0v) is 11.7. The van der Waals surface area contributed by atoms with Crippen LogP contribution in [0.25, 0.3) is 10.2 Å². The molecule has 1 aromatic carbocycles. The summed E-state index contributed by atoms with van der Waals surface area (Å²) in [6.45, 7) is 2.65. The molecule has 0 aliphatic carbocycles. The van der Waals surface area contributed by atoms with Crippen LogP contribution in [0.15, 0.2) is 35.7 Å². The van der Waals surface area contributed by atoms with Crippen LogP contribution in [0.3, 0.4) is 0 Å². The molecule has 0 saturated carbocycles. The number of nitrogen functional groups attached to an aromatic ring is 1. The highest BCUT2D eigenvalue weighted by Gasteiger charge is 2.15. The van der Waals surface area contributed by atoms with E-state index in [4.69, 9.17) is 5.73 Å². The molecule has 0 bridgehead atoms. The Kier molecular flexibility index (Phi) is 3.23. The van der Waals surface area contributed by atoms with Gasteiger partial charge in [0.1, 0.15) is 16.5 Å². The monoisotopic (exact) mass is 288 g/mol. The molecule has 2 aromatic heterocycles. The van der Waals surface area contributed by atoms with E-state index in [1.165, 1.54) is 23.5 Å². The summed E-state index contributed by atoms with van der Waals surface area (Å²) in [6, 6.07) is 8.40. The third-order valence-electron chi connectivity index (χ3n) is 3.01. The van der Waals surface area contributed by atoms with Gasteiger partial charge in [0, 0.05) is 12.2 Å². The molecule has 3 aromatic rings. The highest BCUT2D eigenvalue weighted by Crippen LogP contribution is 2.32. The van der Waals surface area contributed by atoms with Crippen molar-refractivity contribution in [2.45, 2.75) is 6.92 Å². The van der Waals surface area contributed by atoms with E-state index in [0.29, 0.717) is 12.4 Å². The Morgan fingerprint density at radius 1 is 1.30 bits per heavy atom. The second kappa shape index (κ2) is 5.05. The van der Waals surface area contributed by atoms with Crippen molar-refractivity contribution >= 4 is 39.0 Å². The van der Waals surface area contributed by atoms with Crippen LogP contribution in [0.5, 0.6) is 0 Å². The molecule has 6 heteroatoms. The van der Waals surface area contributed by atoms with Crippen molar-refractivity contribution in [3.63, 3.8) is 0 Å². The summed E-state index contributed by atoms with van der Waals surface area (Å²) >= 11 is 1.51. The van der Waals surface area contributed by atoms with E-state index in [0.717, 1.165) is 15.9 Å². The fourth-order valence-corrected chi connectivity index (χ4v) is 2.93. The minimum Gasteiger partial charge on any atom is -0.368 e. The van der Waals surface area contributed by atoms with Gasteiger partial charge in [0.05, 0.1) is 5.39 Å². The molecule has 20 heavy (non-hydrogen) atoms. The van der Waals surface area contributed by atoms with Gasteiger partial charge in [0.15, 0.2) is 0 Å². The molecule has 0 unspecified atom stereocenters. The van der Waals surface area contributed by atoms with E-state index < -0.39 is 0 Å². The normalized spacial score (nSPS) is 10.9. The minimum absolute atomic E-state index is 0.227. The number of hydrogen-bond donors (Lipinski definition) is 1. The Hall–Kier alpha value is -2.21. The van der Waals surface area contributed by atoms with Gasteiger partial charge in [-0.2, -0.15) is 4.98 Å². The first kappa shape index (κ1) is 12.8. The number of fused-ring (bicyclic) bond motifs is 1. The lowest BCUT2D eigenvalue weighted by Crippen LogP contribution is -2.18. The molecule has 0 saturated heterocycles. The first-order chi connectivity index (χ1) is 9.69. The van der Waals surface area contributed by atoms with Crippen LogP contribution in [0.4, 0.5) is 21.8 Å². The van der Waals surface area contributed by atoms with Crippen molar-refractivity contribution < 1.29 is 4.39 Å². The second-order valence-corrected chi connectivity index (χ2v) is 5.16. The summed E-state index contributed by atoms with van der Waals surface area (Å²) in [5.41, 5.74) is 6.52. The maximum Gasteiger partial charge on any atom is 0.223 e. The fraction of sp³-hybridized carbons (Fsp3) is 0.143. The third kappa shape index (κ3) is 2.18. The molecule has 0 fully saturated rings. The highest BCUT2D eigenvalue weighted by molar-refractivity contribution is 7.16. The van der Waals surface area contributed by atoms with Crippen LogP contribution in [-0.2, 0) is 0 Å². The van der Waals surface area contributed by atoms with Crippen molar-refractivity contribution in [1.82, 2.24) is 9.97 Å². The van der Waals surface area contributed by atoms with E-state index >= 15 is 0 Å². The van der Waals surface area contributed by atoms with Gasteiger partial charge in [-0.1, -0.05) is 6.07 Å². The van der Waals surface area contributed by atoms with Crippen LogP contribution in [0.2, 0.25) is 0 Å². The van der Waals surface area contributed by atoms with Crippen molar-refractivity contribution in [2.24, 2.45) is 0 Å². The van der Waals surface area contributed by atoms with Gasteiger partial charge in [-0.15, -0.1) is 11.3 Å². The predicted octanol–water partition coefficient (Wildman–Crippen LogP) is 3.57. The SMILES string of the molecule is CCN(c1cccc(F)c1)c1nc(N)nc2sccc12. The molecule has 0 aliphatic rings. The molecule has 0 amide bonds. The topological polar surface area (TPSA) is 55.0 Å². The first-order valence-corrected chi connectivity index (χ1v) is 7.11. The van der Waals surface area contributed by atoms with Crippen LogP contribution in [0.1, 0.15) is 6.92 Å². The fourth-order valence-electron chi connectivity index (χ4n) is 2.16. The van der Waals surface area contributed by atoms with Crippen LogP contribution in [-0.4, -0.2) is 16.5 Å². The maximum atomic E-state index is 13.4. The van der Waals surface area contributed by atoms with Crippen molar-refractivity contribution in [3.8, 4) is 0 Å². The Labute approximate surface area is 119 Å². The summed E-state index contributed by atoms with van der Waals surface area (Å²) in [5.74, 6) is 0.663. The molecule has 2 N–H and O–H groups in total. The molecular formula is C14H13FN4S. The van der Waals surface area contributed by atoms with E-state index in [-0.39, 0.29) is 11.8 Å². The molecule has 3 rings (SSSR count). The smallest absolute Gasteiger partial charge is 0.223 e. The van der Waals surface area contributed by atoms with Crippen LogP contribution < -0.4 is 10.6 Å². The van der Waals surface area contributed by atoms with Crippen molar-refractivity contribution in [1.29, 1.82) is 0 Å². The number of aromatic nitrogens is 2. The standard InChI is InChI=1S/C14H13FN4S/c1-2-19(10-5-3-4-9(15)8-10)12-11-6-7-20-13(11)18-14(16)17-12/h3-8H,2H2,1H3,(H2,16,17,18). The quantitative estimate of drug-likeness (QED) is 0.800. The number of nitrogens with zero attached hydrogens (tertiary/aromatic N) is 3. The Balaban J connectivity index is 2.18. The molecular weight excluding hydrogens is 275 g/mol. The first-order valence-electron chi connectivity index (χ1n) is 6.23. The average Bonchev–Trinajstić information content (AvgIpc) is 2.87. The maximum absolute atomic E-state index is 13.4. The van der Waals surface area contributed by atoms with Crippen molar-refractivity contribution in [2.75, 3.05) is 17.2 Å². The number of nitrogens with two attached hydrogens (primary N) is 1. The number of hydrogen-bond acceptors (Lipinski definition) is 5. The molecule has 0 spiro atoms. The number of anilines is 3. The van der Waals surface area contributed by atoms with Gasteiger partial charge in [0.2, 0.25) is 5.95 Å². The zero-order chi connectivity index (χ0) is 14.1. The second-order valence-electron chi connectivity index (χ2n) is 4.27. The Morgan fingerprint density at radius 3 is 2.90 bits per heavy atom. The third-order valence-corrected chi connectivity index (χ3v) is 3.82. The van der Waals surface area contributed by atoms with Crippen LogP contribution >= 0.6 is 11.3 Å². The van der Waals surface area contributed by atoms with E-state index in [2.05, 4.69) is 9.97 Å². The molecule has 2 heterocycles. The molecule has 102 valence electrons. The number of thiophene rings is 1. The van der Waals surface area contributed by atoms with E-state index in [1.54, 1.807) is 6.07 Å². The summed E-state index contributed by atoms with van der Waals surface area (Å²) in [4.78, 5) is 11.3. The highest BCUT2D eigenvalue weighted by atomic mass is 32.1. The largest absolute Gasteiger partial charge is 0.368 e. The van der Waals surface area contributed by atoms with Gasteiger partial charge in [-0.25, -0.2) is 9.37 Å². The van der Waals surface area contributed by atoms with Gasteiger partial charge < -0.3 is 10.6 Å².